The summed E-state index contributed by atoms with van der Waals surface area (Å²) in [5.74, 6) is -1.68. The first kappa shape index (κ1) is 24.6. The zero-order valence-electron chi connectivity index (χ0n) is 19.5. The quantitative estimate of drug-likeness (QED) is 0.641. The van der Waals surface area contributed by atoms with Crippen molar-refractivity contribution < 1.29 is 23.5 Å². The van der Waals surface area contributed by atoms with E-state index in [1.165, 1.54) is 6.07 Å². The molecule has 0 radical (unpaired) electrons. The fourth-order valence-corrected chi connectivity index (χ4v) is 3.95. The van der Waals surface area contributed by atoms with Crippen LogP contribution in [-0.2, 0) is 37.6 Å². The average molecular weight is 455 g/mol. The Morgan fingerprint density at radius 3 is 2.36 bits per heavy atom. The van der Waals surface area contributed by atoms with Crippen molar-refractivity contribution in [1.82, 2.24) is 10.6 Å². The molecule has 2 N–H and O–H groups in total. The van der Waals surface area contributed by atoms with Crippen LogP contribution in [0, 0.1) is 11.7 Å². The number of Topliss-reactive ketones (excluding diaryl/α,β-unsaturated/α-hetero) is 1. The van der Waals surface area contributed by atoms with Gasteiger partial charge in [0.15, 0.2) is 5.78 Å². The monoisotopic (exact) mass is 454 g/mol. The van der Waals surface area contributed by atoms with Gasteiger partial charge < -0.3 is 15.4 Å². The molecule has 0 bridgehead atoms. The van der Waals surface area contributed by atoms with Crippen LogP contribution in [0.25, 0.3) is 0 Å². The van der Waals surface area contributed by atoms with E-state index in [1.54, 1.807) is 31.4 Å². The van der Waals surface area contributed by atoms with Crippen molar-refractivity contribution >= 4 is 17.6 Å². The first-order chi connectivity index (χ1) is 15.6. The molecule has 1 saturated heterocycles. The van der Waals surface area contributed by atoms with Crippen LogP contribution >= 0.6 is 0 Å². The summed E-state index contributed by atoms with van der Waals surface area (Å²) in [7, 11) is 1.60. The highest BCUT2D eigenvalue weighted by atomic mass is 19.1. The Bertz CT molecular complexity index is 1030. The molecule has 2 aromatic carbocycles. The van der Waals surface area contributed by atoms with Gasteiger partial charge in [-0.3, -0.25) is 14.4 Å². The van der Waals surface area contributed by atoms with Gasteiger partial charge in [0.25, 0.3) is 0 Å². The number of ether oxygens (including phenoxy) is 1. The minimum absolute atomic E-state index is 0.0338. The van der Waals surface area contributed by atoms with Gasteiger partial charge in [-0.2, -0.15) is 0 Å². The van der Waals surface area contributed by atoms with Gasteiger partial charge in [-0.1, -0.05) is 57.2 Å². The first-order valence-corrected chi connectivity index (χ1v) is 11.0. The number of methoxy groups -OCH3 is 1. The number of carbonyl (C=O) groups is 3. The van der Waals surface area contributed by atoms with Gasteiger partial charge in [0.2, 0.25) is 11.8 Å². The largest absolute Gasteiger partial charge is 0.380 e. The summed E-state index contributed by atoms with van der Waals surface area (Å²) >= 11 is 0. The highest BCUT2D eigenvalue weighted by Crippen LogP contribution is 2.26. The molecule has 0 spiro atoms. The van der Waals surface area contributed by atoms with Crippen LogP contribution in [0.1, 0.15) is 55.5 Å². The second kappa shape index (κ2) is 10.3. The van der Waals surface area contributed by atoms with Crippen LogP contribution in [0.5, 0.6) is 0 Å². The van der Waals surface area contributed by atoms with Crippen molar-refractivity contribution in [2.45, 2.75) is 51.7 Å². The van der Waals surface area contributed by atoms with Crippen LogP contribution in [-0.4, -0.2) is 31.3 Å². The number of rotatable bonds is 8. The van der Waals surface area contributed by atoms with Gasteiger partial charge in [-0.05, 0) is 33.7 Å². The van der Waals surface area contributed by atoms with E-state index in [0.717, 1.165) is 5.56 Å². The van der Waals surface area contributed by atoms with Crippen LogP contribution in [0.15, 0.2) is 42.5 Å². The van der Waals surface area contributed by atoms with E-state index < -0.39 is 12.0 Å². The lowest BCUT2D eigenvalue weighted by atomic mass is 9.85. The maximum atomic E-state index is 14.7. The Morgan fingerprint density at radius 2 is 1.82 bits per heavy atom. The maximum Gasteiger partial charge on any atom is 0.226 e. The first-order valence-electron chi connectivity index (χ1n) is 11.0. The highest BCUT2D eigenvalue weighted by Gasteiger charge is 2.31. The molecule has 2 aromatic rings. The average Bonchev–Trinajstić information content (AvgIpc) is 3.18. The third kappa shape index (κ3) is 6.26. The molecule has 3 rings (SSSR count). The number of hydrogen-bond acceptors (Lipinski definition) is 4. The Labute approximate surface area is 193 Å². The molecule has 0 aliphatic carbocycles. The summed E-state index contributed by atoms with van der Waals surface area (Å²) in [6.07, 6.45) is 0.0625. The molecule has 0 aromatic heterocycles. The summed E-state index contributed by atoms with van der Waals surface area (Å²) in [6.45, 7) is 6.46. The molecule has 1 fully saturated rings. The van der Waals surface area contributed by atoms with E-state index in [9.17, 15) is 18.8 Å². The number of ketones is 1. The Hall–Kier alpha value is -3.06. The summed E-state index contributed by atoms with van der Waals surface area (Å²) in [5.41, 5.74) is 2.33. The Kier molecular flexibility index (Phi) is 7.64. The van der Waals surface area contributed by atoms with Crippen molar-refractivity contribution in [1.29, 1.82) is 0 Å². The summed E-state index contributed by atoms with van der Waals surface area (Å²) in [5, 5.41) is 5.45. The van der Waals surface area contributed by atoms with Crippen molar-refractivity contribution in [3.8, 4) is 0 Å². The minimum atomic E-state index is -0.907. The van der Waals surface area contributed by atoms with Gasteiger partial charge in [0.1, 0.15) is 11.9 Å². The van der Waals surface area contributed by atoms with Gasteiger partial charge in [-0.15, -0.1) is 0 Å². The van der Waals surface area contributed by atoms with E-state index in [0.29, 0.717) is 23.3 Å². The third-order valence-electron chi connectivity index (χ3n) is 5.80. The van der Waals surface area contributed by atoms with Crippen LogP contribution < -0.4 is 10.6 Å². The fourth-order valence-electron chi connectivity index (χ4n) is 3.95. The molecule has 176 valence electrons. The maximum absolute atomic E-state index is 14.7. The molecular formula is C26H31FN2O4. The van der Waals surface area contributed by atoms with Gasteiger partial charge in [-0.25, -0.2) is 4.39 Å². The standard InChI is InChI=1S/C26H31FN2O4/c1-26(2,3)20-10-7-17(11-21(20)27)12-22(30)24(18-8-5-16(6-9-18)15-33-4)29-25(32)19-13-23(31)28-14-19/h5-11,19,24H,12-15H2,1-4H3,(H,28,31)(H,29,32)/t19-,24-/m1/s1. The van der Waals surface area contributed by atoms with Gasteiger partial charge in [0.05, 0.1) is 12.5 Å². The topological polar surface area (TPSA) is 84.5 Å². The predicted molar refractivity (Wildman–Crippen MR) is 123 cm³/mol. The smallest absolute Gasteiger partial charge is 0.226 e. The lowest BCUT2D eigenvalue weighted by molar-refractivity contribution is -0.130. The zero-order chi connectivity index (χ0) is 24.2. The molecule has 6 nitrogen and oxygen atoms in total. The van der Waals surface area contributed by atoms with E-state index >= 15 is 0 Å². The molecule has 1 heterocycles. The third-order valence-corrected chi connectivity index (χ3v) is 5.80. The van der Waals surface area contributed by atoms with E-state index in [4.69, 9.17) is 4.74 Å². The Balaban J connectivity index is 1.83. The molecule has 0 saturated carbocycles. The molecular weight excluding hydrogens is 423 g/mol. The number of benzene rings is 2. The number of hydrogen-bond donors (Lipinski definition) is 2. The summed E-state index contributed by atoms with van der Waals surface area (Å²) in [4.78, 5) is 37.6. The van der Waals surface area contributed by atoms with Crippen molar-refractivity contribution in [2.24, 2.45) is 5.92 Å². The van der Waals surface area contributed by atoms with Gasteiger partial charge in [0, 0.05) is 26.5 Å². The number of nitrogens with one attached hydrogen (secondary N) is 2. The Morgan fingerprint density at radius 1 is 1.15 bits per heavy atom. The molecule has 2 amide bonds. The minimum Gasteiger partial charge on any atom is -0.380 e. The van der Waals surface area contributed by atoms with Crippen LogP contribution in [0.3, 0.4) is 0 Å². The molecule has 1 aliphatic rings. The van der Waals surface area contributed by atoms with Crippen molar-refractivity contribution in [3.63, 3.8) is 0 Å². The van der Waals surface area contributed by atoms with Crippen LogP contribution in [0.4, 0.5) is 4.39 Å². The number of amides is 2. The molecule has 0 unspecified atom stereocenters. The van der Waals surface area contributed by atoms with E-state index in [1.807, 2.05) is 32.9 Å². The summed E-state index contributed by atoms with van der Waals surface area (Å²) < 4.78 is 19.8. The SMILES string of the molecule is COCc1ccc([C@@H](NC(=O)[C@H]2CNC(=O)C2)C(=O)Cc2ccc(C(C)(C)C)c(F)c2)cc1. The van der Waals surface area contributed by atoms with Crippen molar-refractivity contribution in [2.75, 3.05) is 13.7 Å². The number of halogens is 1. The van der Waals surface area contributed by atoms with Crippen LogP contribution in [0.2, 0.25) is 0 Å². The number of carbonyl (C=O) groups excluding carboxylic acids is 3. The summed E-state index contributed by atoms with van der Waals surface area (Å²) in [6, 6.07) is 11.2. The molecule has 2 atom stereocenters. The normalized spacial score (nSPS) is 16.9. The molecule has 1 aliphatic heterocycles. The fraction of sp³-hybridized carbons (Fsp3) is 0.423. The van der Waals surface area contributed by atoms with E-state index in [2.05, 4.69) is 10.6 Å². The van der Waals surface area contributed by atoms with Crippen molar-refractivity contribution in [3.05, 3.63) is 70.5 Å². The van der Waals surface area contributed by atoms with Gasteiger partial charge >= 0.3 is 0 Å². The lowest BCUT2D eigenvalue weighted by Crippen LogP contribution is -2.39. The second-order valence-electron chi connectivity index (χ2n) is 9.53. The molecule has 33 heavy (non-hydrogen) atoms. The lowest BCUT2D eigenvalue weighted by Gasteiger charge is -2.22. The predicted octanol–water partition coefficient (Wildman–Crippen LogP) is 3.37. The molecule has 7 heteroatoms. The highest BCUT2D eigenvalue weighted by molar-refractivity contribution is 5.94. The van der Waals surface area contributed by atoms with E-state index in [-0.39, 0.29) is 48.2 Å². The second-order valence-corrected chi connectivity index (χ2v) is 9.53. The zero-order valence-corrected chi connectivity index (χ0v) is 19.5.